The molecule has 8 heteroatoms. The van der Waals surface area contributed by atoms with Crippen LogP contribution in [0.2, 0.25) is 0 Å². The van der Waals surface area contributed by atoms with Gasteiger partial charge in [0.15, 0.2) is 5.76 Å². The van der Waals surface area contributed by atoms with E-state index in [1.807, 2.05) is 17.5 Å². The monoisotopic (exact) mass is 316 g/mol. The topological polar surface area (TPSA) is 92.4 Å². The van der Waals surface area contributed by atoms with Crippen LogP contribution in [-0.4, -0.2) is 25.2 Å². The highest BCUT2D eigenvalue weighted by molar-refractivity contribution is 7.89. The van der Waals surface area contributed by atoms with Crippen molar-refractivity contribution in [3.8, 4) is 0 Å². The lowest BCUT2D eigenvalue weighted by Gasteiger charge is -2.09. The summed E-state index contributed by atoms with van der Waals surface area (Å²) in [6.07, 6.45) is -0.356. The highest BCUT2D eigenvalue weighted by Crippen LogP contribution is 2.22. The van der Waals surface area contributed by atoms with E-state index in [0.29, 0.717) is 12.1 Å². The molecule has 0 amide bonds. The van der Waals surface area contributed by atoms with Crippen molar-refractivity contribution in [2.24, 2.45) is 0 Å². The van der Waals surface area contributed by atoms with Crippen LogP contribution in [0.3, 0.4) is 0 Å². The van der Waals surface area contributed by atoms with Crippen molar-refractivity contribution in [1.29, 1.82) is 0 Å². The number of aliphatic hydroxyl groups is 1. The number of nitrogens with one attached hydrogen (secondary N) is 1. The van der Waals surface area contributed by atoms with E-state index in [4.69, 9.17) is 4.52 Å². The van der Waals surface area contributed by atoms with Crippen molar-refractivity contribution in [3.63, 3.8) is 0 Å². The first-order valence-corrected chi connectivity index (χ1v) is 8.42. The van der Waals surface area contributed by atoms with E-state index in [2.05, 4.69) is 9.88 Å². The van der Waals surface area contributed by atoms with Crippen LogP contribution in [0.4, 0.5) is 0 Å². The van der Waals surface area contributed by atoms with Gasteiger partial charge in [-0.25, -0.2) is 13.1 Å². The van der Waals surface area contributed by atoms with Gasteiger partial charge in [-0.2, -0.15) is 0 Å². The predicted molar refractivity (Wildman–Crippen MR) is 75.1 cm³/mol. The van der Waals surface area contributed by atoms with Gasteiger partial charge in [-0.3, -0.25) is 0 Å². The highest BCUT2D eigenvalue weighted by Gasteiger charge is 2.24. The Kier molecular flexibility index (Phi) is 4.59. The fourth-order valence-corrected chi connectivity index (χ4v) is 4.00. The molecule has 0 unspecified atom stereocenters. The molecule has 0 fully saturated rings. The number of aliphatic hydroxyl groups excluding tert-OH is 1. The molecule has 0 aliphatic rings. The molecule has 0 aliphatic heterocycles. The maximum atomic E-state index is 12.1. The Morgan fingerprint density at radius 1 is 1.50 bits per heavy atom. The molecule has 0 saturated carbocycles. The Labute approximate surface area is 121 Å². The van der Waals surface area contributed by atoms with E-state index in [1.165, 1.54) is 11.3 Å². The van der Waals surface area contributed by atoms with Crippen molar-refractivity contribution >= 4 is 21.4 Å². The van der Waals surface area contributed by atoms with Gasteiger partial charge in [0, 0.05) is 11.4 Å². The number of hydrogen-bond donors (Lipinski definition) is 2. The normalized spacial score (nSPS) is 13.6. The lowest BCUT2D eigenvalue weighted by Crippen LogP contribution is -2.26. The Bertz CT molecular complexity index is 642. The number of sulfonamides is 1. The van der Waals surface area contributed by atoms with Gasteiger partial charge in [-0.1, -0.05) is 11.2 Å². The highest BCUT2D eigenvalue weighted by atomic mass is 32.2. The molecular formula is C12H16N2O4S2. The summed E-state index contributed by atoms with van der Waals surface area (Å²) in [5.74, 6) is 0.258. The smallest absolute Gasteiger partial charge is 0.245 e. The van der Waals surface area contributed by atoms with Gasteiger partial charge in [0.25, 0.3) is 0 Å². The molecule has 0 spiro atoms. The van der Waals surface area contributed by atoms with E-state index < -0.39 is 16.1 Å². The van der Waals surface area contributed by atoms with E-state index in [0.717, 1.165) is 4.88 Å². The average Bonchev–Trinajstić information content (AvgIpc) is 2.99. The van der Waals surface area contributed by atoms with Gasteiger partial charge in [-0.05, 0) is 31.7 Å². The SMILES string of the molecule is Cc1noc(C)c1S(=O)(=O)NCC[C@H](O)c1cccs1. The third kappa shape index (κ3) is 3.26. The largest absolute Gasteiger partial charge is 0.388 e. The molecule has 2 N–H and O–H groups in total. The van der Waals surface area contributed by atoms with Crippen LogP contribution >= 0.6 is 11.3 Å². The second-order valence-corrected chi connectivity index (χ2v) is 7.05. The molecule has 2 aromatic rings. The summed E-state index contributed by atoms with van der Waals surface area (Å²) >= 11 is 1.44. The molecule has 2 rings (SSSR count). The van der Waals surface area contributed by atoms with Crippen molar-refractivity contribution in [1.82, 2.24) is 9.88 Å². The molecule has 2 heterocycles. The minimum atomic E-state index is -3.66. The molecule has 2 aromatic heterocycles. The summed E-state index contributed by atoms with van der Waals surface area (Å²) in [7, 11) is -3.66. The van der Waals surface area contributed by atoms with Crippen LogP contribution < -0.4 is 4.72 Å². The summed E-state index contributed by atoms with van der Waals surface area (Å²) in [6.45, 7) is 3.27. The lowest BCUT2D eigenvalue weighted by molar-refractivity contribution is 0.173. The van der Waals surface area contributed by atoms with E-state index in [-0.39, 0.29) is 17.2 Å². The standard InChI is InChI=1S/C12H16N2O4S2/c1-8-12(9(2)18-14-8)20(16,17)13-6-5-10(15)11-4-3-7-19-11/h3-4,7,10,13,15H,5-6H2,1-2H3/t10-/m0/s1. The van der Waals surface area contributed by atoms with Crippen LogP contribution in [0.15, 0.2) is 26.9 Å². The molecule has 20 heavy (non-hydrogen) atoms. The zero-order valence-corrected chi connectivity index (χ0v) is 12.8. The number of aromatic nitrogens is 1. The zero-order chi connectivity index (χ0) is 14.8. The Hall–Kier alpha value is -1.22. The van der Waals surface area contributed by atoms with E-state index in [9.17, 15) is 13.5 Å². The molecule has 6 nitrogen and oxygen atoms in total. The third-order valence-corrected chi connectivity index (χ3v) is 5.50. The lowest BCUT2D eigenvalue weighted by atomic mass is 10.2. The second kappa shape index (κ2) is 6.04. The van der Waals surface area contributed by atoms with Gasteiger partial charge in [0.05, 0.1) is 6.10 Å². The number of hydrogen-bond acceptors (Lipinski definition) is 6. The Morgan fingerprint density at radius 2 is 2.25 bits per heavy atom. The van der Waals surface area contributed by atoms with E-state index >= 15 is 0 Å². The minimum absolute atomic E-state index is 0.0723. The summed E-state index contributed by atoms with van der Waals surface area (Å²) in [6, 6.07) is 3.66. The fourth-order valence-electron chi connectivity index (χ4n) is 1.88. The first-order chi connectivity index (χ1) is 9.42. The minimum Gasteiger partial charge on any atom is -0.388 e. The van der Waals surface area contributed by atoms with Crippen LogP contribution in [0, 0.1) is 13.8 Å². The molecule has 1 atom stereocenters. The van der Waals surface area contributed by atoms with Crippen LogP contribution in [0.25, 0.3) is 0 Å². The molecule has 0 aromatic carbocycles. The summed E-state index contributed by atoms with van der Waals surface area (Å²) in [5, 5.41) is 15.4. The first kappa shape index (κ1) is 15.2. The Balaban J connectivity index is 1.97. The van der Waals surface area contributed by atoms with Crippen LogP contribution in [0.5, 0.6) is 0 Å². The third-order valence-electron chi connectivity index (χ3n) is 2.82. The quantitative estimate of drug-likeness (QED) is 0.847. The maximum Gasteiger partial charge on any atom is 0.245 e. The van der Waals surface area contributed by atoms with Crippen molar-refractivity contribution in [3.05, 3.63) is 33.8 Å². The summed E-state index contributed by atoms with van der Waals surface area (Å²) in [5.41, 5.74) is 0.328. The fraction of sp³-hybridized carbons (Fsp3) is 0.417. The molecule has 0 radical (unpaired) electrons. The Morgan fingerprint density at radius 3 is 2.80 bits per heavy atom. The van der Waals surface area contributed by atoms with Gasteiger partial charge < -0.3 is 9.63 Å². The average molecular weight is 316 g/mol. The first-order valence-electron chi connectivity index (χ1n) is 6.06. The molecule has 0 saturated heterocycles. The van der Waals surface area contributed by atoms with Gasteiger partial charge >= 0.3 is 0 Å². The van der Waals surface area contributed by atoms with Gasteiger partial charge in [-0.15, -0.1) is 11.3 Å². The number of nitrogens with zero attached hydrogens (tertiary/aromatic N) is 1. The van der Waals surface area contributed by atoms with Crippen LogP contribution in [0.1, 0.15) is 28.9 Å². The van der Waals surface area contributed by atoms with Crippen molar-refractivity contribution in [2.45, 2.75) is 31.3 Å². The molecule has 0 bridgehead atoms. The van der Waals surface area contributed by atoms with Crippen LogP contribution in [-0.2, 0) is 10.0 Å². The summed E-state index contributed by atoms with van der Waals surface area (Å²) < 4.78 is 31.5. The van der Waals surface area contributed by atoms with Gasteiger partial charge in [0.2, 0.25) is 10.0 Å². The van der Waals surface area contributed by atoms with Crippen molar-refractivity contribution < 1.29 is 18.0 Å². The number of aryl methyl sites for hydroxylation is 2. The molecular weight excluding hydrogens is 300 g/mol. The molecule has 0 aliphatic carbocycles. The zero-order valence-electron chi connectivity index (χ0n) is 11.2. The molecule has 110 valence electrons. The van der Waals surface area contributed by atoms with Crippen molar-refractivity contribution in [2.75, 3.05) is 6.54 Å². The number of thiophene rings is 1. The second-order valence-electron chi connectivity index (χ2n) is 4.37. The summed E-state index contributed by atoms with van der Waals surface area (Å²) in [4.78, 5) is 0.893. The van der Waals surface area contributed by atoms with Gasteiger partial charge in [0.1, 0.15) is 10.6 Å². The van der Waals surface area contributed by atoms with E-state index in [1.54, 1.807) is 13.8 Å². The maximum absolute atomic E-state index is 12.1. The predicted octanol–water partition coefficient (Wildman–Crippen LogP) is 1.75. The number of rotatable bonds is 6.